The SMILES string of the molecule is Cc1nc(CN2CCN(C(=O)c3cc4ccccc4[nH]3)CC2)cs1. The number of piperazine rings is 1. The normalized spacial score (nSPS) is 16.0. The summed E-state index contributed by atoms with van der Waals surface area (Å²) in [6, 6.07) is 9.94. The number of hydrogen-bond donors (Lipinski definition) is 1. The van der Waals surface area contributed by atoms with E-state index in [1.165, 1.54) is 0 Å². The lowest BCUT2D eigenvalue weighted by Crippen LogP contribution is -2.48. The molecule has 4 rings (SSSR count). The number of carbonyl (C=O) groups excluding carboxylic acids is 1. The summed E-state index contributed by atoms with van der Waals surface area (Å²) >= 11 is 1.69. The van der Waals surface area contributed by atoms with E-state index in [2.05, 4.69) is 20.2 Å². The molecule has 3 aromatic rings. The molecule has 0 saturated carbocycles. The molecule has 24 heavy (non-hydrogen) atoms. The Morgan fingerprint density at radius 3 is 2.75 bits per heavy atom. The highest BCUT2D eigenvalue weighted by molar-refractivity contribution is 7.09. The molecule has 0 aliphatic carbocycles. The van der Waals surface area contributed by atoms with E-state index in [1.54, 1.807) is 11.3 Å². The Labute approximate surface area is 144 Å². The highest BCUT2D eigenvalue weighted by Crippen LogP contribution is 2.17. The number of H-pyrrole nitrogens is 1. The Morgan fingerprint density at radius 2 is 2.04 bits per heavy atom. The summed E-state index contributed by atoms with van der Waals surface area (Å²) in [5.41, 5.74) is 2.83. The number of rotatable bonds is 3. The van der Waals surface area contributed by atoms with Crippen LogP contribution in [0.1, 0.15) is 21.2 Å². The molecular formula is C18H20N4OS. The minimum atomic E-state index is 0.0929. The standard InChI is InChI=1S/C18H20N4OS/c1-13-19-15(12-24-13)11-21-6-8-22(9-7-21)18(23)17-10-14-4-2-3-5-16(14)20-17/h2-5,10,12,20H,6-9,11H2,1H3. The summed E-state index contributed by atoms with van der Waals surface area (Å²) in [5.74, 6) is 0.0929. The van der Waals surface area contributed by atoms with Gasteiger partial charge in [-0.25, -0.2) is 4.98 Å². The van der Waals surface area contributed by atoms with Crippen LogP contribution in [0, 0.1) is 6.92 Å². The van der Waals surface area contributed by atoms with Gasteiger partial charge in [-0.15, -0.1) is 11.3 Å². The molecule has 1 aliphatic rings. The number of amides is 1. The number of carbonyl (C=O) groups is 1. The number of aromatic nitrogens is 2. The molecule has 3 heterocycles. The van der Waals surface area contributed by atoms with Gasteiger partial charge in [0, 0.05) is 49.0 Å². The van der Waals surface area contributed by atoms with Gasteiger partial charge in [0.05, 0.1) is 10.7 Å². The van der Waals surface area contributed by atoms with Crippen molar-refractivity contribution in [2.75, 3.05) is 26.2 Å². The zero-order valence-corrected chi connectivity index (χ0v) is 14.5. The van der Waals surface area contributed by atoms with Crippen molar-refractivity contribution in [2.24, 2.45) is 0 Å². The van der Waals surface area contributed by atoms with Crippen LogP contribution in [0.3, 0.4) is 0 Å². The Balaban J connectivity index is 1.39. The molecule has 1 aliphatic heterocycles. The van der Waals surface area contributed by atoms with Gasteiger partial charge in [0.15, 0.2) is 0 Å². The first-order valence-electron chi connectivity index (χ1n) is 8.19. The van der Waals surface area contributed by atoms with Gasteiger partial charge in [0.2, 0.25) is 0 Å². The molecule has 1 fully saturated rings. The van der Waals surface area contributed by atoms with Crippen LogP contribution in [0.2, 0.25) is 0 Å². The summed E-state index contributed by atoms with van der Waals surface area (Å²) in [6.45, 7) is 6.21. The summed E-state index contributed by atoms with van der Waals surface area (Å²) < 4.78 is 0. The zero-order chi connectivity index (χ0) is 16.5. The lowest BCUT2D eigenvalue weighted by molar-refractivity contribution is 0.0622. The summed E-state index contributed by atoms with van der Waals surface area (Å²) in [6.07, 6.45) is 0. The number of aryl methyl sites for hydroxylation is 1. The molecule has 0 unspecified atom stereocenters. The highest BCUT2D eigenvalue weighted by Gasteiger charge is 2.23. The lowest BCUT2D eigenvalue weighted by Gasteiger charge is -2.34. The highest BCUT2D eigenvalue weighted by atomic mass is 32.1. The second-order valence-electron chi connectivity index (χ2n) is 6.20. The van der Waals surface area contributed by atoms with Crippen LogP contribution in [0.15, 0.2) is 35.7 Å². The molecule has 1 amide bonds. The topological polar surface area (TPSA) is 52.2 Å². The van der Waals surface area contributed by atoms with E-state index in [1.807, 2.05) is 42.2 Å². The van der Waals surface area contributed by atoms with E-state index < -0.39 is 0 Å². The first-order chi connectivity index (χ1) is 11.7. The van der Waals surface area contributed by atoms with E-state index >= 15 is 0 Å². The predicted octanol–water partition coefficient (Wildman–Crippen LogP) is 2.89. The Morgan fingerprint density at radius 1 is 1.25 bits per heavy atom. The third-order valence-electron chi connectivity index (χ3n) is 4.47. The van der Waals surface area contributed by atoms with E-state index in [-0.39, 0.29) is 5.91 Å². The number of nitrogens with zero attached hydrogens (tertiary/aromatic N) is 3. The maximum Gasteiger partial charge on any atom is 0.270 e. The van der Waals surface area contributed by atoms with Gasteiger partial charge in [-0.3, -0.25) is 9.69 Å². The molecule has 5 nitrogen and oxygen atoms in total. The van der Waals surface area contributed by atoms with Crippen molar-refractivity contribution < 1.29 is 4.79 Å². The van der Waals surface area contributed by atoms with Crippen LogP contribution in [0.4, 0.5) is 0 Å². The van der Waals surface area contributed by atoms with Gasteiger partial charge < -0.3 is 9.88 Å². The third kappa shape index (κ3) is 3.07. The van der Waals surface area contributed by atoms with E-state index in [9.17, 15) is 4.79 Å². The van der Waals surface area contributed by atoms with Crippen molar-refractivity contribution in [2.45, 2.75) is 13.5 Å². The summed E-state index contributed by atoms with van der Waals surface area (Å²) in [4.78, 5) is 24.8. The number of aromatic amines is 1. The molecule has 0 atom stereocenters. The van der Waals surface area contributed by atoms with Crippen LogP contribution < -0.4 is 0 Å². The van der Waals surface area contributed by atoms with Gasteiger partial charge in [0.25, 0.3) is 5.91 Å². The molecule has 6 heteroatoms. The maximum absolute atomic E-state index is 12.7. The van der Waals surface area contributed by atoms with Crippen LogP contribution in [0.5, 0.6) is 0 Å². The van der Waals surface area contributed by atoms with Crippen molar-refractivity contribution in [3.63, 3.8) is 0 Å². The summed E-state index contributed by atoms with van der Waals surface area (Å²) in [5, 5.41) is 4.31. The monoisotopic (exact) mass is 340 g/mol. The molecule has 1 saturated heterocycles. The average Bonchev–Trinajstić information content (AvgIpc) is 3.21. The Hall–Kier alpha value is -2.18. The molecule has 2 aromatic heterocycles. The van der Waals surface area contributed by atoms with Crippen molar-refractivity contribution >= 4 is 28.1 Å². The fourth-order valence-corrected chi connectivity index (χ4v) is 3.78. The molecule has 1 aromatic carbocycles. The van der Waals surface area contributed by atoms with Crippen molar-refractivity contribution in [1.82, 2.24) is 19.8 Å². The van der Waals surface area contributed by atoms with E-state index in [4.69, 9.17) is 0 Å². The van der Waals surface area contributed by atoms with Crippen molar-refractivity contribution in [1.29, 1.82) is 0 Å². The molecule has 0 radical (unpaired) electrons. The second-order valence-corrected chi connectivity index (χ2v) is 7.26. The van der Waals surface area contributed by atoms with E-state index in [0.717, 1.165) is 54.3 Å². The van der Waals surface area contributed by atoms with Gasteiger partial charge in [-0.1, -0.05) is 18.2 Å². The summed E-state index contributed by atoms with van der Waals surface area (Å²) in [7, 11) is 0. The number of benzene rings is 1. The molecule has 0 bridgehead atoms. The van der Waals surface area contributed by atoms with Crippen molar-refractivity contribution in [3.8, 4) is 0 Å². The Kier molecular flexibility index (Phi) is 4.08. The van der Waals surface area contributed by atoms with Crippen LogP contribution in [-0.4, -0.2) is 51.9 Å². The minimum absolute atomic E-state index is 0.0929. The van der Waals surface area contributed by atoms with Crippen LogP contribution in [0.25, 0.3) is 10.9 Å². The molecule has 1 N–H and O–H groups in total. The molecule has 0 spiro atoms. The third-order valence-corrected chi connectivity index (χ3v) is 5.29. The minimum Gasteiger partial charge on any atom is -0.351 e. The van der Waals surface area contributed by atoms with Gasteiger partial charge in [-0.05, 0) is 19.1 Å². The fourth-order valence-electron chi connectivity index (χ4n) is 3.18. The molecular weight excluding hydrogens is 320 g/mol. The number of thiazole rings is 1. The average molecular weight is 340 g/mol. The lowest BCUT2D eigenvalue weighted by atomic mass is 10.2. The predicted molar refractivity (Wildman–Crippen MR) is 96.3 cm³/mol. The number of para-hydroxylation sites is 1. The first kappa shape index (κ1) is 15.4. The van der Waals surface area contributed by atoms with Crippen LogP contribution >= 0.6 is 11.3 Å². The van der Waals surface area contributed by atoms with Gasteiger partial charge in [0.1, 0.15) is 5.69 Å². The smallest absolute Gasteiger partial charge is 0.270 e. The van der Waals surface area contributed by atoms with Crippen molar-refractivity contribution in [3.05, 3.63) is 52.1 Å². The fraction of sp³-hybridized carbons (Fsp3) is 0.333. The number of fused-ring (bicyclic) bond motifs is 1. The quantitative estimate of drug-likeness (QED) is 0.798. The Bertz CT molecular complexity index is 828. The number of nitrogens with one attached hydrogen (secondary N) is 1. The maximum atomic E-state index is 12.7. The number of hydrogen-bond acceptors (Lipinski definition) is 4. The first-order valence-corrected chi connectivity index (χ1v) is 9.07. The van der Waals surface area contributed by atoms with Gasteiger partial charge in [-0.2, -0.15) is 0 Å². The largest absolute Gasteiger partial charge is 0.351 e. The second kappa shape index (κ2) is 6.37. The zero-order valence-electron chi connectivity index (χ0n) is 13.7. The van der Waals surface area contributed by atoms with E-state index in [0.29, 0.717) is 5.69 Å². The van der Waals surface area contributed by atoms with Crippen LogP contribution in [-0.2, 0) is 6.54 Å². The van der Waals surface area contributed by atoms with Gasteiger partial charge >= 0.3 is 0 Å². The molecule has 124 valence electrons.